The minimum atomic E-state index is -0.461. The second kappa shape index (κ2) is 7.45. The van der Waals surface area contributed by atoms with E-state index in [2.05, 4.69) is 20.7 Å². The number of nitrogens with two attached hydrogens (primary N) is 1. The van der Waals surface area contributed by atoms with E-state index >= 15 is 0 Å². The van der Waals surface area contributed by atoms with Crippen LogP contribution in [-0.2, 0) is 13.6 Å². The highest BCUT2D eigenvalue weighted by atomic mass is 35.5. The van der Waals surface area contributed by atoms with Gasteiger partial charge in [-0.25, -0.2) is 4.98 Å². The minimum Gasteiger partial charge on any atom is -0.380 e. The quantitative estimate of drug-likeness (QED) is 0.618. The molecule has 26 heavy (non-hydrogen) atoms. The van der Waals surface area contributed by atoms with Crippen LogP contribution in [0, 0.1) is 6.92 Å². The average molecular weight is 371 g/mol. The van der Waals surface area contributed by atoms with Crippen LogP contribution in [0.15, 0.2) is 42.7 Å². The zero-order valence-corrected chi connectivity index (χ0v) is 15.2. The molecule has 0 unspecified atom stereocenters. The van der Waals surface area contributed by atoms with E-state index in [4.69, 9.17) is 17.3 Å². The van der Waals surface area contributed by atoms with Crippen LogP contribution in [0.25, 0.3) is 0 Å². The third-order valence-electron chi connectivity index (χ3n) is 3.88. The van der Waals surface area contributed by atoms with Gasteiger partial charge in [0, 0.05) is 31.4 Å². The van der Waals surface area contributed by atoms with Crippen LogP contribution >= 0.6 is 11.6 Å². The molecule has 0 radical (unpaired) electrons. The number of benzene rings is 1. The number of hydrogen-bond acceptors (Lipinski definition) is 5. The van der Waals surface area contributed by atoms with Crippen LogP contribution in [0.4, 0.5) is 17.2 Å². The first-order valence-electron chi connectivity index (χ1n) is 7.98. The number of halogens is 1. The molecular formula is C18H19ClN6O. The Morgan fingerprint density at radius 1 is 1.31 bits per heavy atom. The van der Waals surface area contributed by atoms with Crippen molar-refractivity contribution >= 4 is 34.7 Å². The van der Waals surface area contributed by atoms with Crippen LogP contribution in [0.5, 0.6) is 0 Å². The van der Waals surface area contributed by atoms with Crippen molar-refractivity contribution in [3.63, 3.8) is 0 Å². The molecule has 0 saturated heterocycles. The van der Waals surface area contributed by atoms with E-state index in [-0.39, 0.29) is 0 Å². The summed E-state index contributed by atoms with van der Waals surface area (Å²) in [5.74, 6) is 0.175. The molecule has 1 amide bonds. The molecule has 0 aliphatic carbocycles. The van der Waals surface area contributed by atoms with Gasteiger partial charge in [0.25, 0.3) is 0 Å². The van der Waals surface area contributed by atoms with Gasteiger partial charge in [0.15, 0.2) is 0 Å². The van der Waals surface area contributed by atoms with Gasteiger partial charge in [0.1, 0.15) is 5.82 Å². The van der Waals surface area contributed by atoms with Gasteiger partial charge < -0.3 is 16.4 Å². The lowest BCUT2D eigenvalue weighted by Gasteiger charge is -2.12. The molecule has 0 fully saturated rings. The van der Waals surface area contributed by atoms with Crippen LogP contribution in [0.3, 0.4) is 0 Å². The monoisotopic (exact) mass is 370 g/mol. The zero-order valence-electron chi connectivity index (χ0n) is 14.5. The second-order valence-electron chi connectivity index (χ2n) is 5.85. The molecule has 0 aliphatic heterocycles. The van der Waals surface area contributed by atoms with Gasteiger partial charge in [-0.1, -0.05) is 29.8 Å². The zero-order chi connectivity index (χ0) is 18.7. The van der Waals surface area contributed by atoms with E-state index in [0.717, 1.165) is 16.9 Å². The molecule has 0 atom stereocenters. The van der Waals surface area contributed by atoms with Gasteiger partial charge in [-0.2, -0.15) is 5.10 Å². The van der Waals surface area contributed by atoms with Crippen LogP contribution < -0.4 is 16.4 Å². The van der Waals surface area contributed by atoms with Gasteiger partial charge in [0.2, 0.25) is 5.91 Å². The maximum absolute atomic E-state index is 11.5. The molecule has 2 heterocycles. The minimum absolute atomic E-state index is 0.411. The number of rotatable bonds is 6. The average Bonchev–Trinajstić information content (AvgIpc) is 2.92. The molecule has 0 bridgehead atoms. The van der Waals surface area contributed by atoms with E-state index in [1.807, 2.05) is 38.4 Å². The molecule has 134 valence electrons. The Morgan fingerprint density at radius 2 is 2.08 bits per heavy atom. The number of nitrogens with one attached hydrogen (secondary N) is 2. The lowest BCUT2D eigenvalue weighted by molar-refractivity contribution is 0.0999. The van der Waals surface area contributed by atoms with Gasteiger partial charge in [-0.05, 0) is 18.6 Å². The maximum atomic E-state index is 11.5. The maximum Gasteiger partial charge on any atom is 0.249 e. The number of aromatic nitrogens is 3. The fraction of sp³-hybridized carbons (Fsp3) is 0.167. The standard InChI is InChI=1S/C18H19ClN6O/c1-11-16(10-25(2)24-11)23-17-7-15(14(19)9-22-17)21-8-12-5-3-4-6-13(12)18(20)26/h3-7,9-10H,8H2,1-2H3,(H2,20,26)(H2,21,22,23). The highest BCUT2D eigenvalue weighted by Gasteiger charge is 2.10. The first kappa shape index (κ1) is 17.8. The number of amides is 1. The lowest BCUT2D eigenvalue weighted by atomic mass is 10.1. The molecule has 0 spiro atoms. The molecule has 4 N–H and O–H groups in total. The summed E-state index contributed by atoms with van der Waals surface area (Å²) in [7, 11) is 1.86. The van der Waals surface area contributed by atoms with Crippen molar-refractivity contribution in [3.8, 4) is 0 Å². The molecule has 8 heteroatoms. The van der Waals surface area contributed by atoms with Crippen molar-refractivity contribution in [3.05, 3.63) is 64.6 Å². The predicted molar refractivity (Wildman–Crippen MR) is 103 cm³/mol. The topological polar surface area (TPSA) is 97.9 Å². The number of aryl methyl sites for hydroxylation is 2. The summed E-state index contributed by atoms with van der Waals surface area (Å²) in [4.78, 5) is 15.8. The van der Waals surface area contributed by atoms with E-state index < -0.39 is 5.91 Å². The van der Waals surface area contributed by atoms with Gasteiger partial charge in [-0.15, -0.1) is 0 Å². The summed E-state index contributed by atoms with van der Waals surface area (Å²) in [5.41, 5.74) is 9.13. The van der Waals surface area contributed by atoms with Crippen molar-refractivity contribution in [2.45, 2.75) is 13.5 Å². The molecule has 7 nitrogen and oxygen atoms in total. The SMILES string of the molecule is Cc1nn(C)cc1Nc1cc(NCc2ccccc2C(N)=O)c(Cl)cn1. The number of pyridine rings is 1. The van der Waals surface area contributed by atoms with Crippen molar-refractivity contribution in [2.75, 3.05) is 10.6 Å². The number of primary amides is 1. The normalized spacial score (nSPS) is 10.6. The summed E-state index contributed by atoms with van der Waals surface area (Å²) in [6.45, 7) is 2.33. The van der Waals surface area contributed by atoms with Crippen LogP contribution in [-0.4, -0.2) is 20.7 Å². The first-order valence-corrected chi connectivity index (χ1v) is 8.36. The Bertz CT molecular complexity index is 953. The molecule has 1 aromatic carbocycles. The lowest BCUT2D eigenvalue weighted by Crippen LogP contribution is -2.15. The van der Waals surface area contributed by atoms with E-state index in [1.165, 1.54) is 0 Å². The molecular weight excluding hydrogens is 352 g/mol. The fourth-order valence-electron chi connectivity index (χ4n) is 2.61. The molecule has 2 aromatic heterocycles. The number of anilines is 3. The largest absolute Gasteiger partial charge is 0.380 e. The second-order valence-corrected chi connectivity index (χ2v) is 6.26. The van der Waals surface area contributed by atoms with Crippen molar-refractivity contribution < 1.29 is 4.79 Å². The molecule has 0 saturated carbocycles. The first-order chi connectivity index (χ1) is 12.4. The summed E-state index contributed by atoms with van der Waals surface area (Å²) < 4.78 is 1.73. The van der Waals surface area contributed by atoms with Crippen molar-refractivity contribution in [1.29, 1.82) is 0 Å². The summed E-state index contributed by atoms with van der Waals surface area (Å²) in [6, 6.07) is 8.99. The number of nitrogens with zero attached hydrogens (tertiary/aromatic N) is 3. The number of carbonyl (C=O) groups excluding carboxylic acids is 1. The van der Waals surface area contributed by atoms with E-state index in [9.17, 15) is 4.79 Å². The Kier molecular flexibility index (Phi) is 5.09. The smallest absolute Gasteiger partial charge is 0.249 e. The Morgan fingerprint density at radius 3 is 2.77 bits per heavy atom. The number of carbonyl (C=O) groups is 1. The van der Waals surface area contributed by atoms with Gasteiger partial charge >= 0.3 is 0 Å². The Balaban J connectivity index is 1.78. The summed E-state index contributed by atoms with van der Waals surface area (Å²) in [5, 5.41) is 11.2. The fourth-order valence-corrected chi connectivity index (χ4v) is 2.78. The van der Waals surface area contributed by atoms with Crippen LogP contribution in [0.1, 0.15) is 21.6 Å². The van der Waals surface area contributed by atoms with Crippen LogP contribution in [0.2, 0.25) is 5.02 Å². The van der Waals surface area contributed by atoms with Gasteiger partial charge in [0.05, 0.1) is 28.3 Å². The highest BCUT2D eigenvalue weighted by molar-refractivity contribution is 6.33. The Hall–Kier alpha value is -3.06. The third-order valence-corrected chi connectivity index (χ3v) is 4.18. The predicted octanol–water partition coefficient (Wildman–Crippen LogP) is 3.23. The summed E-state index contributed by atoms with van der Waals surface area (Å²) in [6.07, 6.45) is 3.44. The Labute approximate surface area is 156 Å². The molecule has 3 rings (SSSR count). The third kappa shape index (κ3) is 3.94. The molecule has 3 aromatic rings. The summed E-state index contributed by atoms with van der Waals surface area (Å²) >= 11 is 6.24. The number of hydrogen-bond donors (Lipinski definition) is 3. The van der Waals surface area contributed by atoms with Crippen molar-refractivity contribution in [1.82, 2.24) is 14.8 Å². The highest BCUT2D eigenvalue weighted by Crippen LogP contribution is 2.26. The molecule has 0 aliphatic rings. The van der Waals surface area contributed by atoms with Crippen molar-refractivity contribution in [2.24, 2.45) is 12.8 Å². The van der Waals surface area contributed by atoms with E-state index in [0.29, 0.717) is 28.6 Å². The van der Waals surface area contributed by atoms with Gasteiger partial charge in [-0.3, -0.25) is 9.48 Å². The van der Waals surface area contributed by atoms with E-state index in [1.54, 1.807) is 23.0 Å².